The van der Waals surface area contributed by atoms with Gasteiger partial charge in [0.1, 0.15) is 0 Å². The van der Waals surface area contributed by atoms with E-state index in [4.69, 9.17) is 0 Å². The second-order valence-electron chi connectivity index (χ2n) is 3.00. The predicted octanol–water partition coefficient (Wildman–Crippen LogP) is 4.88. The van der Waals surface area contributed by atoms with Gasteiger partial charge in [0.05, 0.1) is 0 Å². The molecule has 0 N–H and O–H groups in total. The summed E-state index contributed by atoms with van der Waals surface area (Å²) in [6.07, 6.45) is 5.54. The third kappa shape index (κ3) is 9.87. The van der Waals surface area contributed by atoms with E-state index in [2.05, 4.69) is 48.6 Å². The molecule has 0 heterocycles. The summed E-state index contributed by atoms with van der Waals surface area (Å²) in [5.41, 5.74) is 0. The zero-order chi connectivity index (χ0) is 9.94. The van der Waals surface area contributed by atoms with Crippen molar-refractivity contribution in [1.29, 1.82) is 0 Å². The van der Waals surface area contributed by atoms with Crippen molar-refractivity contribution in [3.63, 3.8) is 0 Å². The molecule has 0 aliphatic carbocycles. The van der Waals surface area contributed by atoms with Crippen molar-refractivity contribution in [3.05, 3.63) is 33.9 Å². The summed E-state index contributed by atoms with van der Waals surface area (Å²) in [6.45, 7) is 4.46. The Hall–Kier alpha value is -0.0500. The summed E-state index contributed by atoms with van der Waals surface area (Å²) >= 11 is 2.28. The van der Waals surface area contributed by atoms with Gasteiger partial charge in [0.15, 0.2) is 0 Å². The van der Waals surface area contributed by atoms with Gasteiger partial charge in [-0.15, -0.1) is 0 Å². The molecular formula is C12H19I. The number of unbranched alkanes of at least 4 members (excludes halogenated alkanes) is 3. The lowest BCUT2D eigenvalue weighted by atomic mass is 10.2. The molecule has 0 fully saturated rings. The first-order chi connectivity index (χ1) is 6.31. The van der Waals surface area contributed by atoms with Crippen LogP contribution in [0.5, 0.6) is 0 Å². The van der Waals surface area contributed by atoms with E-state index in [-0.39, 0.29) is 0 Å². The van der Waals surface area contributed by atoms with Crippen LogP contribution in [0.2, 0.25) is 0 Å². The summed E-state index contributed by atoms with van der Waals surface area (Å²) in [5, 5.41) is 0. The van der Waals surface area contributed by atoms with Gasteiger partial charge in [-0.1, -0.05) is 57.7 Å². The van der Waals surface area contributed by atoms with Crippen molar-refractivity contribution < 1.29 is 0 Å². The Bertz CT molecular complexity index is 178. The van der Waals surface area contributed by atoms with Crippen LogP contribution in [0.25, 0.3) is 0 Å². The molecule has 0 unspecified atom stereocenters. The number of halogens is 1. The highest BCUT2D eigenvalue weighted by Crippen LogP contribution is 1.99. The number of benzene rings is 1. The second kappa shape index (κ2) is 10.0. The summed E-state index contributed by atoms with van der Waals surface area (Å²) in [6, 6.07) is 10.2. The topological polar surface area (TPSA) is 0 Å². The maximum atomic E-state index is 2.28. The molecule has 0 amide bonds. The quantitative estimate of drug-likeness (QED) is 0.550. The largest absolute Gasteiger partial charge is 0.0654 e. The Kier molecular flexibility index (Phi) is 10.00. The van der Waals surface area contributed by atoms with Crippen molar-refractivity contribution in [2.45, 2.75) is 39.5 Å². The van der Waals surface area contributed by atoms with Gasteiger partial charge in [0.2, 0.25) is 0 Å². The molecule has 0 aliphatic rings. The van der Waals surface area contributed by atoms with Gasteiger partial charge in [-0.2, -0.15) is 0 Å². The molecule has 0 radical (unpaired) electrons. The molecule has 74 valence electrons. The first kappa shape index (κ1) is 12.9. The standard InChI is InChI=1S/C6H5I.C6H14/c7-6-4-2-1-3-5-6;1-3-5-6-4-2/h1-5H;3-6H2,1-2H3. The van der Waals surface area contributed by atoms with Gasteiger partial charge in [-0.25, -0.2) is 0 Å². The van der Waals surface area contributed by atoms with Gasteiger partial charge < -0.3 is 0 Å². The Labute approximate surface area is 95.9 Å². The average Bonchev–Trinajstić information content (AvgIpc) is 2.17. The molecule has 1 aromatic carbocycles. The van der Waals surface area contributed by atoms with E-state index >= 15 is 0 Å². The van der Waals surface area contributed by atoms with Gasteiger partial charge in [0, 0.05) is 3.57 Å². The van der Waals surface area contributed by atoms with Crippen molar-refractivity contribution in [2.75, 3.05) is 0 Å². The molecule has 13 heavy (non-hydrogen) atoms. The zero-order valence-electron chi connectivity index (χ0n) is 8.59. The van der Waals surface area contributed by atoms with Crippen LogP contribution >= 0.6 is 22.6 Å². The van der Waals surface area contributed by atoms with Crippen LogP contribution < -0.4 is 0 Å². The molecule has 1 heteroatoms. The molecular weight excluding hydrogens is 271 g/mol. The van der Waals surface area contributed by atoms with Crippen LogP contribution in [0, 0.1) is 3.57 Å². The highest BCUT2D eigenvalue weighted by molar-refractivity contribution is 14.1. The van der Waals surface area contributed by atoms with Gasteiger partial charge >= 0.3 is 0 Å². The van der Waals surface area contributed by atoms with Crippen LogP contribution in [0.4, 0.5) is 0 Å². The number of hydrogen-bond acceptors (Lipinski definition) is 0. The lowest BCUT2D eigenvalue weighted by molar-refractivity contribution is 0.702. The normalized spacial score (nSPS) is 8.85. The van der Waals surface area contributed by atoms with E-state index in [1.165, 1.54) is 29.3 Å². The minimum atomic E-state index is 1.29. The summed E-state index contributed by atoms with van der Waals surface area (Å²) in [7, 11) is 0. The van der Waals surface area contributed by atoms with E-state index in [9.17, 15) is 0 Å². The summed E-state index contributed by atoms with van der Waals surface area (Å²) < 4.78 is 1.29. The SMILES string of the molecule is CCCCCC.Ic1ccccc1. The molecule has 0 bridgehead atoms. The van der Waals surface area contributed by atoms with E-state index in [1.54, 1.807) is 0 Å². The monoisotopic (exact) mass is 290 g/mol. The fourth-order valence-corrected chi connectivity index (χ4v) is 1.33. The Morgan fingerprint density at radius 3 is 1.62 bits per heavy atom. The van der Waals surface area contributed by atoms with Crippen LogP contribution in [0.3, 0.4) is 0 Å². The molecule has 1 aromatic rings. The Balaban J connectivity index is 0.000000226. The van der Waals surface area contributed by atoms with Gasteiger partial charge in [-0.3, -0.25) is 0 Å². The molecule has 0 saturated heterocycles. The third-order valence-corrected chi connectivity index (χ3v) is 2.41. The fourth-order valence-electron chi connectivity index (χ4n) is 0.915. The van der Waals surface area contributed by atoms with Crippen molar-refractivity contribution in [1.82, 2.24) is 0 Å². The first-order valence-electron chi connectivity index (χ1n) is 5.01. The summed E-state index contributed by atoms with van der Waals surface area (Å²) in [5.74, 6) is 0. The summed E-state index contributed by atoms with van der Waals surface area (Å²) in [4.78, 5) is 0. The zero-order valence-corrected chi connectivity index (χ0v) is 10.8. The van der Waals surface area contributed by atoms with Crippen LogP contribution in [-0.4, -0.2) is 0 Å². The first-order valence-corrected chi connectivity index (χ1v) is 6.09. The van der Waals surface area contributed by atoms with Gasteiger partial charge in [-0.05, 0) is 34.7 Å². The molecule has 0 nitrogen and oxygen atoms in total. The number of hydrogen-bond donors (Lipinski definition) is 0. The molecule has 0 aliphatic heterocycles. The predicted molar refractivity (Wildman–Crippen MR) is 69.0 cm³/mol. The van der Waals surface area contributed by atoms with E-state index < -0.39 is 0 Å². The van der Waals surface area contributed by atoms with Crippen molar-refractivity contribution in [2.24, 2.45) is 0 Å². The highest BCUT2D eigenvalue weighted by Gasteiger charge is 1.75. The van der Waals surface area contributed by atoms with E-state index in [0.717, 1.165) is 0 Å². The van der Waals surface area contributed by atoms with Crippen LogP contribution in [-0.2, 0) is 0 Å². The molecule has 1 rings (SSSR count). The molecule has 0 saturated carbocycles. The van der Waals surface area contributed by atoms with E-state index in [0.29, 0.717) is 0 Å². The molecule has 0 aromatic heterocycles. The van der Waals surface area contributed by atoms with Crippen LogP contribution in [0.15, 0.2) is 30.3 Å². The smallest absolute Gasteiger partial charge is 0.0130 e. The van der Waals surface area contributed by atoms with E-state index in [1.807, 2.05) is 18.2 Å². The Morgan fingerprint density at radius 1 is 0.923 bits per heavy atom. The minimum Gasteiger partial charge on any atom is -0.0654 e. The maximum Gasteiger partial charge on any atom is 0.0130 e. The second-order valence-corrected chi connectivity index (χ2v) is 4.25. The third-order valence-electron chi connectivity index (χ3n) is 1.69. The highest BCUT2D eigenvalue weighted by atomic mass is 127. The lowest BCUT2D eigenvalue weighted by Gasteiger charge is -1.86. The van der Waals surface area contributed by atoms with Gasteiger partial charge in [0.25, 0.3) is 0 Å². The minimum absolute atomic E-state index is 1.29. The Morgan fingerprint density at radius 2 is 1.38 bits per heavy atom. The average molecular weight is 290 g/mol. The molecule has 0 spiro atoms. The van der Waals surface area contributed by atoms with Crippen molar-refractivity contribution in [3.8, 4) is 0 Å². The lowest BCUT2D eigenvalue weighted by Crippen LogP contribution is -1.66. The number of rotatable bonds is 3. The fraction of sp³-hybridized carbons (Fsp3) is 0.500. The van der Waals surface area contributed by atoms with Crippen LogP contribution in [0.1, 0.15) is 39.5 Å². The van der Waals surface area contributed by atoms with Crippen molar-refractivity contribution >= 4 is 22.6 Å². The molecule has 0 atom stereocenters. The maximum absolute atomic E-state index is 2.28.